The molecule has 2 bridgehead atoms. The van der Waals surface area contributed by atoms with E-state index in [0.29, 0.717) is 0 Å². The molecule has 1 aromatic carbocycles. The molecule has 1 unspecified atom stereocenters. The van der Waals surface area contributed by atoms with Crippen LogP contribution >= 0.6 is 0 Å². The maximum absolute atomic E-state index is 8.00. The van der Waals surface area contributed by atoms with E-state index in [1.165, 1.54) is 62.7 Å². The molecule has 0 amide bonds. The number of fused-ring (bicyclic) bond motifs is 2. The summed E-state index contributed by atoms with van der Waals surface area (Å²) in [5, 5.41) is 0. The molecule has 2 aliphatic heterocycles. The first-order valence-corrected chi connectivity index (χ1v) is 11.3. The van der Waals surface area contributed by atoms with Crippen LogP contribution in [0.3, 0.4) is 0 Å². The third-order valence-electron chi connectivity index (χ3n) is 6.52. The van der Waals surface area contributed by atoms with Crippen molar-refractivity contribution >= 4 is 13.6 Å². The van der Waals surface area contributed by atoms with Crippen LogP contribution in [-0.4, -0.2) is 61.6 Å². The Hall–Kier alpha value is -1.96. The van der Waals surface area contributed by atoms with E-state index in [1.54, 1.807) is 0 Å². The van der Waals surface area contributed by atoms with Crippen LogP contribution in [0.15, 0.2) is 24.3 Å². The second-order valence-electron chi connectivity index (χ2n) is 9.59. The average molecular weight is 429 g/mol. The number of piperazine rings is 1. The largest absolute Gasteiger partial charge is 0.307 e. The lowest BCUT2D eigenvalue weighted by atomic mass is 9.87. The summed E-state index contributed by atoms with van der Waals surface area (Å²) in [5.41, 5.74) is 3.02. The van der Waals surface area contributed by atoms with E-state index in [-0.39, 0.29) is 5.41 Å². The third-order valence-corrected chi connectivity index (χ3v) is 6.52. The van der Waals surface area contributed by atoms with Gasteiger partial charge >= 0.3 is 0 Å². The fourth-order valence-electron chi connectivity index (χ4n) is 4.81. The smallest absolute Gasteiger partial charge is 0.106 e. The lowest BCUT2D eigenvalue weighted by molar-refractivity contribution is -0.0987. The van der Waals surface area contributed by atoms with Crippen molar-refractivity contribution in [1.82, 2.24) is 9.80 Å². The van der Waals surface area contributed by atoms with Crippen LogP contribution < -0.4 is 0 Å². The predicted octanol–water partition coefficient (Wildman–Crippen LogP) is 4.88. The average Bonchev–Trinajstić information content (AvgIpc) is 3.38. The Kier molecular flexibility index (Phi) is 14.0. The van der Waals surface area contributed by atoms with Gasteiger partial charge in [0.1, 0.15) is 13.6 Å². The Morgan fingerprint density at radius 2 is 1.35 bits per heavy atom. The maximum Gasteiger partial charge on any atom is 0.106 e. The Morgan fingerprint density at radius 1 is 0.839 bits per heavy atom. The first kappa shape index (κ1) is 29.0. The molecule has 2 saturated heterocycles. The number of aryl methyl sites for hydroxylation is 1. The number of likely N-dealkylation sites (tertiary alicyclic amines) is 2. The Morgan fingerprint density at radius 3 is 1.74 bits per heavy atom. The molecule has 0 spiro atoms. The van der Waals surface area contributed by atoms with E-state index in [2.05, 4.69) is 81.7 Å². The van der Waals surface area contributed by atoms with Crippen LogP contribution in [0.4, 0.5) is 0 Å². The molecule has 174 valence electrons. The summed E-state index contributed by atoms with van der Waals surface area (Å²) < 4.78 is 0. The number of rotatable bonds is 1. The van der Waals surface area contributed by atoms with Crippen molar-refractivity contribution in [3.05, 3.63) is 35.4 Å². The van der Waals surface area contributed by atoms with Crippen LogP contribution in [0.2, 0.25) is 0 Å². The molecular formula is C27H44N2O2. The van der Waals surface area contributed by atoms with Gasteiger partial charge in [0.15, 0.2) is 0 Å². The number of terminal acetylenes is 1. The van der Waals surface area contributed by atoms with Crippen LogP contribution in [0.5, 0.6) is 0 Å². The highest BCUT2D eigenvalue weighted by Crippen LogP contribution is 2.35. The van der Waals surface area contributed by atoms with E-state index >= 15 is 0 Å². The van der Waals surface area contributed by atoms with Crippen LogP contribution in [-0.2, 0) is 15.0 Å². The van der Waals surface area contributed by atoms with Crippen molar-refractivity contribution in [2.45, 2.75) is 89.8 Å². The van der Waals surface area contributed by atoms with E-state index in [0.717, 1.165) is 18.1 Å². The first-order chi connectivity index (χ1) is 14.8. The van der Waals surface area contributed by atoms with Crippen molar-refractivity contribution in [3.63, 3.8) is 0 Å². The van der Waals surface area contributed by atoms with Gasteiger partial charge in [-0.1, -0.05) is 69.9 Å². The second-order valence-corrected chi connectivity index (χ2v) is 9.59. The van der Waals surface area contributed by atoms with Crippen molar-refractivity contribution in [1.29, 1.82) is 0 Å². The van der Waals surface area contributed by atoms with Crippen molar-refractivity contribution in [2.24, 2.45) is 0 Å². The lowest BCUT2D eigenvalue weighted by Gasteiger charge is -2.39. The number of carbonyl (C=O) groups is 2. The molecular weight excluding hydrogens is 384 g/mol. The molecule has 1 saturated carbocycles. The molecule has 2 heterocycles. The summed E-state index contributed by atoms with van der Waals surface area (Å²) in [4.78, 5) is 21.4. The number of likely N-dealkylation sites (N-methyl/N-ethyl adjacent to an activating group) is 1. The molecule has 2 atom stereocenters. The molecule has 4 rings (SSSR count). The summed E-state index contributed by atoms with van der Waals surface area (Å²) in [5.74, 6) is 0. The van der Waals surface area contributed by atoms with E-state index in [9.17, 15) is 0 Å². The number of hydrogen-bond acceptors (Lipinski definition) is 4. The van der Waals surface area contributed by atoms with E-state index in [4.69, 9.17) is 9.59 Å². The van der Waals surface area contributed by atoms with Gasteiger partial charge in [0.25, 0.3) is 0 Å². The number of hydrogen-bond donors (Lipinski definition) is 0. The highest BCUT2D eigenvalue weighted by molar-refractivity contribution is 5.26. The molecule has 0 aromatic heterocycles. The van der Waals surface area contributed by atoms with Crippen molar-refractivity contribution in [3.8, 4) is 12.8 Å². The molecule has 0 N–H and O–H groups in total. The molecule has 4 heteroatoms. The number of carbonyl (C=O) groups excluding carboxylic acids is 2. The van der Waals surface area contributed by atoms with Gasteiger partial charge in [0.2, 0.25) is 0 Å². The summed E-state index contributed by atoms with van der Waals surface area (Å²) in [6.07, 6.45) is 16.9. The molecule has 1 aromatic rings. The van der Waals surface area contributed by atoms with Crippen LogP contribution in [0.1, 0.15) is 70.4 Å². The topological polar surface area (TPSA) is 40.6 Å². The summed E-state index contributed by atoms with van der Waals surface area (Å²) >= 11 is 0. The molecule has 1 aliphatic carbocycles. The molecule has 31 heavy (non-hydrogen) atoms. The highest BCUT2D eigenvalue weighted by atomic mass is 16.1. The minimum Gasteiger partial charge on any atom is -0.307 e. The number of benzene rings is 1. The predicted molar refractivity (Wildman–Crippen MR) is 132 cm³/mol. The molecule has 3 fully saturated rings. The van der Waals surface area contributed by atoms with Gasteiger partial charge in [0.05, 0.1) is 0 Å². The SMILES string of the molecule is C#C.C=O.C=O.CN1CC2C[C@H]1CN2C1CCCCC1.Cc1ccc(C(C)(C)C)cc1. The van der Waals surface area contributed by atoms with Gasteiger partial charge in [-0.3, -0.25) is 4.90 Å². The molecule has 0 radical (unpaired) electrons. The monoisotopic (exact) mass is 428 g/mol. The maximum atomic E-state index is 8.00. The van der Waals surface area contributed by atoms with E-state index < -0.39 is 0 Å². The van der Waals surface area contributed by atoms with E-state index in [1.807, 2.05) is 13.6 Å². The third kappa shape index (κ3) is 8.97. The zero-order valence-electron chi connectivity index (χ0n) is 20.5. The molecule has 4 nitrogen and oxygen atoms in total. The highest BCUT2D eigenvalue weighted by Gasteiger charge is 2.43. The number of nitrogens with zero attached hydrogens (tertiary/aromatic N) is 2. The fraction of sp³-hybridized carbons (Fsp3) is 0.630. The standard InChI is InChI=1S/C12H22N2.C11H16.C2H2.2CH2O/c1-13-8-12-7-11(13)9-14(12)10-5-3-2-4-6-10;1-9-5-7-10(8-6-9)11(2,3)4;3*1-2/h10-12H,2-9H2,1H3;5-8H,1-4H3;1-2H;2*1H2/t11-,12?;;;;/m0..../s1. The fourth-order valence-corrected chi connectivity index (χ4v) is 4.81. The van der Waals surface area contributed by atoms with Crippen molar-refractivity contribution < 1.29 is 9.59 Å². The van der Waals surface area contributed by atoms with Gasteiger partial charge in [-0.2, -0.15) is 0 Å². The van der Waals surface area contributed by atoms with Gasteiger partial charge in [-0.15, -0.1) is 12.8 Å². The Balaban J connectivity index is 0.000000478. The van der Waals surface area contributed by atoms with Crippen LogP contribution in [0.25, 0.3) is 0 Å². The lowest BCUT2D eigenvalue weighted by Crippen LogP contribution is -2.49. The van der Waals surface area contributed by atoms with Crippen molar-refractivity contribution in [2.75, 3.05) is 20.1 Å². The summed E-state index contributed by atoms with van der Waals surface area (Å²) in [6.45, 7) is 15.5. The minimum absolute atomic E-state index is 0.285. The first-order valence-electron chi connectivity index (χ1n) is 11.3. The Labute approximate surface area is 191 Å². The minimum atomic E-state index is 0.285. The zero-order valence-corrected chi connectivity index (χ0v) is 20.5. The Bertz CT molecular complexity index is 610. The normalized spacial score (nSPS) is 22.9. The summed E-state index contributed by atoms with van der Waals surface area (Å²) in [7, 11) is 2.29. The van der Waals surface area contributed by atoms with Gasteiger partial charge < -0.3 is 14.5 Å². The summed E-state index contributed by atoms with van der Waals surface area (Å²) in [6, 6.07) is 11.5. The van der Waals surface area contributed by atoms with Gasteiger partial charge in [0, 0.05) is 31.2 Å². The van der Waals surface area contributed by atoms with Gasteiger partial charge in [-0.05, 0) is 44.2 Å². The second kappa shape index (κ2) is 14.9. The van der Waals surface area contributed by atoms with Gasteiger partial charge in [-0.25, -0.2) is 0 Å². The zero-order chi connectivity index (χ0) is 24.0. The molecule has 3 aliphatic rings. The quantitative estimate of drug-likeness (QED) is 0.598. The van der Waals surface area contributed by atoms with Crippen LogP contribution in [0, 0.1) is 19.8 Å².